The van der Waals surface area contributed by atoms with Crippen LogP contribution in [0.25, 0.3) is 0 Å². The van der Waals surface area contributed by atoms with Gasteiger partial charge in [0, 0.05) is 4.47 Å². The molecular formula is C9H5BrClNO2. The van der Waals surface area contributed by atoms with Gasteiger partial charge < -0.3 is 5.11 Å². The third kappa shape index (κ3) is 2.25. The van der Waals surface area contributed by atoms with E-state index in [1.54, 1.807) is 6.07 Å². The summed E-state index contributed by atoms with van der Waals surface area (Å²) in [7, 11) is 0. The summed E-state index contributed by atoms with van der Waals surface area (Å²) < 4.78 is 0.454. The van der Waals surface area contributed by atoms with Crippen LogP contribution < -0.4 is 0 Å². The maximum atomic E-state index is 10.5. The molecule has 0 aromatic heterocycles. The van der Waals surface area contributed by atoms with Crippen LogP contribution in [0.4, 0.5) is 0 Å². The van der Waals surface area contributed by atoms with Crippen LogP contribution in [0.15, 0.2) is 16.6 Å². The molecule has 0 atom stereocenters. The number of aliphatic carboxylic acids is 1. The molecule has 1 aromatic carbocycles. The first-order chi connectivity index (χ1) is 6.56. The Bertz CT molecular complexity index is 426. The predicted molar refractivity (Wildman–Crippen MR) is 55.2 cm³/mol. The largest absolute Gasteiger partial charge is 0.481 e. The first-order valence-electron chi connectivity index (χ1n) is 3.65. The summed E-state index contributed by atoms with van der Waals surface area (Å²) in [5, 5.41) is 17.6. The van der Waals surface area contributed by atoms with Crippen LogP contribution in [-0.2, 0) is 11.2 Å². The van der Waals surface area contributed by atoms with Gasteiger partial charge in [0.25, 0.3) is 0 Å². The van der Waals surface area contributed by atoms with Crippen molar-refractivity contribution in [3.8, 4) is 6.07 Å². The van der Waals surface area contributed by atoms with Crippen molar-refractivity contribution in [2.45, 2.75) is 6.42 Å². The number of nitriles is 1. The van der Waals surface area contributed by atoms with Crippen molar-refractivity contribution in [1.29, 1.82) is 5.26 Å². The second-order valence-electron chi connectivity index (χ2n) is 2.58. The Labute approximate surface area is 94.0 Å². The van der Waals surface area contributed by atoms with E-state index in [0.717, 1.165) is 0 Å². The van der Waals surface area contributed by atoms with Gasteiger partial charge in [0.1, 0.15) is 6.07 Å². The van der Waals surface area contributed by atoms with Gasteiger partial charge in [-0.2, -0.15) is 5.26 Å². The van der Waals surface area contributed by atoms with Crippen LogP contribution in [0.3, 0.4) is 0 Å². The monoisotopic (exact) mass is 273 g/mol. The number of carboxylic acids is 1. The Kier molecular flexibility index (Phi) is 3.50. The number of benzene rings is 1. The summed E-state index contributed by atoms with van der Waals surface area (Å²) in [6, 6.07) is 5.01. The van der Waals surface area contributed by atoms with Gasteiger partial charge in [0.05, 0.1) is 17.0 Å². The quantitative estimate of drug-likeness (QED) is 0.901. The molecule has 0 spiro atoms. The number of carbonyl (C=O) groups is 1. The zero-order valence-corrected chi connectivity index (χ0v) is 9.26. The van der Waals surface area contributed by atoms with E-state index in [4.69, 9.17) is 22.0 Å². The van der Waals surface area contributed by atoms with E-state index in [-0.39, 0.29) is 12.0 Å². The van der Waals surface area contributed by atoms with Gasteiger partial charge in [0.15, 0.2) is 0 Å². The highest BCUT2D eigenvalue weighted by molar-refractivity contribution is 9.10. The Morgan fingerprint density at radius 1 is 1.64 bits per heavy atom. The summed E-state index contributed by atoms with van der Waals surface area (Å²) in [6.07, 6.45) is -0.133. The van der Waals surface area contributed by atoms with Crippen LogP contribution >= 0.6 is 27.5 Å². The van der Waals surface area contributed by atoms with Crippen molar-refractivity contribution < 1.29 is 9.90 Å². The number of carboxylic acid groups (broad SMARTS) is 1. The molecule has 0 fully saturated rings. The summed E-state index contributed by atoms with van der Waals surface area (Å²) >= 11 is 8.89. The van der Waals surface area contributed by atoms with E-state index in [9.17, 15) is 4.79 Å². The molecule has 1 N–H and O–H groups in total. The lowest BCUT2D eigenvalue weighted by atomic mass is 10.1. The molecule has 3 nitrogen and oxygen atoms in total. The van der Waals surface area contributed by atoms with E-state index < -0.39 is 5.97 Å². The van der Waals surface area contributed by atoms with Gasteiger partial charge in [-0.25, -0.2) is 0 Å². The number of hydrogen-bond acceptors (Lipinski definition) is 2. The Balaban J connectivity index is 3.23. The smallest absolute Gasteiger partial charge is 0.307 e. The van der Waals surface area contributed by atoms with E-state index in [2.05, 4.69) is 15.9 Å². The summed E-state index contributed by atoms with van der Waals surface area (Å²) in [6.45, 7) is 0. The lowest BCUT2D eigenvalue weighted by Gasteiger charge is -2.04. The van der Waals surface area contributed by atoms with Crippen molar-refractivity contribution in [2.24, 2.45) is 0 Å². The normalized spacial score (nSPS) is 9.50. The second-order valence-corrected chi connectivity index (χ2v) is 3.78. The van der Waals surface area contributed by atoms with Gasteiger partial charge in [-0.1, -0.05) is 17.7 Å². The zero-order valence-electron chi connectivity index (χ0n) is 6.92. The summed E-state index contributed by atoms with van der Waals surface area (Å²) in [5.41, 5.74) is 0.809. The van der Waals surface area contributed by atoms with Crippen LogP contribution in [0.2, 0.25) is 5.02 Å². The minimum atomic E-state index is -0.947. The topological polar surface area (TPSA) is 61.1 Å². The molecule has 1 rings (SSSR count). The third-order valence-electron chi connectivity index (χ3n) is 1.62. The molecule has 0 amide bonds. The number of rotatable bonds is 2. The first-order valence-corrected chi connectivity index (χ1v) is 4.82. The van der Waals surface area contributed by atoms with Gasteiger partial charge in [-0.3, -0.25) is 4.79 Å². The highest BCUT2D eigenvalue weighted by atomic mass is 79.9. The van der Waals surface area contributed by atoms with Gasteiger partial charge in [-0.15, -0.1) is 0 Å². The Morgan fingerprint density at radius 2 is 2.29 bits per heavy atom. The van der Waals surface area contributed by atoms with E-state index >= 15 is 0 Å². The fourth-order valence-electron chi connectivity index (χ4n) is 0.998. The Hall–Kier alpha value is -1.05. The molecule has 0 aliphatic rings. The number of hydrogen-bond donors (Lipinski definition) is 1. The predicted octanol–water partition coefficient (Wildman–Crippen LogP) is 2.60. The van der Waals surface area contributed by atoms with Crippen LogP contribution in [-0.4, -0.2) is 11.1 Å². The average Bonchev–Trinajstić information content (AvgIpc) is 2.10. The molecular weight excluding hydrogens is 269 g/mol. The molecule has 0 bridgehead atoms. The third-order valence-corrected chi connectivity index (χ3v) is 2.85. The molecule has 72 valence electrons. The van der Waals surface area contributed by atoms with Gasteiger partial charge in [0.2, 0.25) is 0 Å². The SMILES string of the molecule is N#Cc1c(Cl)ccc(CC(=O)O)c1Br. The van der Waals surface area contributed by atoms with Crippen molar-refractivity contribution in [1.82, 2.24) is 0 Å². The second kappa shape index (κ2) is 4.45. The molecule has 0 unspecified atom stereocenters. The number of nitrogens with zero attached hydrogens (tertiary/aromatic N) is 1. The molecule has 0 saturated carbocycles. The van der Waals surface area contributed by atoms with Crippen molar-refractivity contribution in [2.75, 3.05) is 0 Å². The van der Waals surface area contributed by atoms with Crippen LogP contribution in [0, 0.1) is 11.3 Å². The lowest BCUT2D eigenvalue weighted by molar-refractivity contribution is -0.136. The van der Waals surface area contributed by atoms with Gasteiger partial charge in [-0.05, 0) is 27.6 Å². The highest BCUT2D eigenvalue weighted by Gasteiger charge is 2.11. The molecule has 0 aliphatic carbocycles. The van der Waals surface area contributed by atoms with Gasteiger partial charge >= 0.3 is 5.97 Å². The fraction of sp³-hybridized carbons (Fsp3) is 0.111. The molecule has 5 heteroatoms. The van der Waals surface area contributed by atoms with E-state index in [1.165, 1.54) is 6.07 Å². The van der Waals surface area contributed by atoms with Crippen LogP contribution in [0.1, 0.15) is 11.1 Å². The molecule has 0 heterocycles. The molecule has 0 aliphatic heterocycles. The fourth-order valence-corrected chi connectivity index (χ4v) is 1.89. The number of halogens is 2. The minimum absolute atomic E-state index is 0.133. The van der Waals surface area contributed by atoms with Crippen molar-refractivity contribution in [3.63, 3.8) is 0 Å². The maximum absolute atomic E-state index is 10.5. The van der Waals surface area contributed by atoms with E-state index in [1.807, 2.05) is 6.07 Å². The van der Waals surface area contributed by atoms with E-state index in [0.29, 0.717) is 15.1 Å². The zero-order chi connectivity index (χ0) is 10.7. The Morgan fingerprint density at radius 3 is 2.79 bits per heavy atom. The highest BCUT2D eigenvalue weighted by Crippen LogP contribution is 2.28. The first kappa shape index (κ1) is 11.0. The summed E-state index contributed by atoms with van der Waals surface area (Å²) in [4.78, 5) is 10.5. The van der Waals surface area contributed by atoms with Crippen molar-refractivity contribution in [3.05, 3.63) is 32.8 Å². The molecule has 0 saturated heterocycles. The van der Waals surface area contributed by atoms with Crippen LogP contribution in [0.5, 0.6) is 0 Å². The van der Waals surface area contributed by atoms with Crippen molar-refractivity contribution >= 4 is 33.5 Å². The average molecular weight is 275 g/mol. The minimum Gasteiger partial charge on any atom is -0.481 e. The molecule has 1 aromatic rings. The maximum Gasteiger partial charge on any atom is 0.307 e. The molecule has 0 radical (unpaired) electrons. The lowest BCUT2D eigenvalue weighted by Crippen LogP contribution is -2.01. The summed E-state index contributed by atoms with van der Waals surface area (Å²) in [5.74, 6) is -0.947. The molecule has 14 heavy (non-hydrogen) atoms. The standard InChI is InChI=1S/C9H5BrClNO2/c10-9-5(3-8(13)14)1-2-7(11)6(9)4-12/h1-2H,3H2,(H,13,14).